The second kappa shape index (κ2) is 10.6. The van der Waals surface area contributed by atoms with Crippen LogP contribution < -0.4 is 15.4 Å². The topological polar surface area (TPSA) is 98.1 Å². The SMILES string of the molecule is CCn1c(CNC(=O)c2ccc(OC)cc2)nnc1SCC(=O)Nc1ccccc1C. The summed E-state index contributed by atoms with van der Waals surface area (Å²) < 4.78 is 6.99. The van der Waals surface area contributed by atoms with E-state index in [1.165, 1.54) is 11.8 Å². The molecule has 2 amide bonds. The zero-order valence-electron chi connectivity index (χ0n) is 17.7. The molecule has 0 aliphatic carbocycles. The lowest BCUT2D eigenvalue weighted by Gasteiger charge is -2.10. The van der Waals surface area contributed by atoms with E-state index >= 15 is 0 Å². The van der Waals surface area contributed by atoms with Gasteiger partial charge in [-0.3, -0.25) is 9.59 Å². The van der Waals surface area contributed by atoms with Crippen LogP contribution in [0.4, 0.5) is 5.69 Å². The van der Waals surface area contributed by atoms with Crippen LogP contribution in [0.25, 0.3) is 0 Å². The van der Waals surface area contributed by atoms with Crippen molar-refractivity contribution >= 4 is 29.3 Å². The predicted octanol–water partition coefficient (Wildman–Crippen LogP) is 3.28. The number of rotatable bonds is 9. The monoisotopic (exact) mass is 439 g/mol. The van der Waals surface area contributed by atoms with Crippen molar-refractivity contribution in [3.63, 3.8) is 0 Å². The molecule has 0 saturated carbocycles. The van der Waals surface area contributed by atoms with Gasteiger partial charge in [-0.05, 0) is 49.7 Å². The van der Waals surface area contributed by atoms with Crippen LogP contribution in [-0.2, 0) is 17.9 Å². The van der Waals surface area contributed by atoms with Crippen molar-refractivity contribution in [1.29, 1.82) is 0 Å². The molecule has 8 nitrogen and oxygen atoms in total. The van der Waals surface area contributed by atoms with Crippen molar-refractivity contribution in [3.05, 3.63) is 65.5 Å². The fourth-order valence-electron chi connectivity index (χ4n) is 2.91. The lowest BCUT2D eigenvalue weighted by molar-refractivity contribution is -0.113. The fourth-order valence-corrected chi connectivity index (χ4v) is 3.73. The smallest absolute Gasteiger partial charge is 0.251 e. The zero-order valence-corrected chi connectivity index (χ0v) is 18.5. The molecule has 2 N–H and O–H groups in total. The van der Waals surface area contributed by atoms with Gasteiger partial charge in [0.15, 0.2) is 11.0 Å². The van der Waals surface area contributed by atoms with Gasteiger partial charge in [-0.15, -0.1) is 10.2 Å². The number of carbonyl (C=O) groups excluding carboxylic acids is 2. The molecule has 0 atom stereocenters. The number of carbonyl (C=O) groups is 2. The molecule has 0 unspecified atom stereocenters. The maximum absolute atomic E-state index is 12.4. The highest BCUT2D eigenvalue weighted by Crippen LogP contribution is 2.19. The van der Waals surface area contributed by atoms with Gasteiger partial charge in [0, 0.05) is 17.8 Å². The highest BCUT2D eigenvalue weighted by Gasteiger charge is 2.15. The molecule has 2 aromatic carbocycles. The van der Waals surface area contributed by atoms with E-state index in [2.05, 4.69) is 20.8 Å². The molecule has 0 saturated heterocycles. The maximum atomic E-state index is 12.4. The molecule has 0 aliphatic rings. The Morgan fingerprint density at radius 1 is 1.10 bits per heavy atom. The highest BCUT2D eigenvalue weighted by molar-refractivity contribution is 7.99. The molecule has 31 heavy (non-hydrogen) atoms. The Balaban J connectivity index is 1.56. The molecular weight excluding hydrogens is 414 g/mol. The molecule has 0 bridgehead atoms. The number of aromatic nitrogens is 3. The van der Waals surface area contributed by atoms with Crippen molar-refractivity contribution in [2.24, 2.45) is 0 Å². The third-order valence-corrected chi connectivity index (χ3v) is 5.59. The zero-order chi connectivity index (χ0) is 22.2. The molecule has 0 radical (unpaired) electrons. The van der Waals surface area contributed by atoms with Gasteiger partial charge in [0.05, 0.1) is 19.4 Å². The summed E-state index contributed by atoms with van der Waals surface area (Å²) in [4.78, 5) is 24.7. The predicted molar refractivity (Wildman–Crippen MR) is 120 cm³/mol. The first kappa shape index (κ1) is 22.4. The Morgan fingerprint density at radius 2 is 1.84 bits per heavy atom. The summed E-state index contributed by atoms with van der Waals surface area (Å²) in [6.07, 6.45) is 0. The number of para-hydroxylation sites is 1. The number of benzene rings is 2. The minimum atomic E-state index is -0.208. The van der Waals surface area contributed by atoms with E-state index in [0.29, 0.717) is 28.8 Å². The third-order valence-electron chi connectivity index (χ3n) is 4.62. The lowest BCUT2D eigenvalue weighted by Crippen LogP contribution is -2.24. The van der Waals surface area contributed by atoms with Gasteiger partial charge >= 0.3 is 0 Å². The number of hydrogen-bond donors (Lipinski definition) is 2. The van der Waals surface area contributed by atoms with E-state index in [1.807, 2.05) is 42.7 Å². The Labute approximate surface area is 185 Å². The van der Waals surface area contributed by atoms with Gasteiger partial charge in [-0.1, -0.05) is 30.0 Å². The number of ether oxygens (including phenoxy) is 1. The Bertz CT molecular complexity index is 1050. The lowest BCUT2D eigenvalue weighted by atomic mass is 10.2. The van der Waals surface area contributed by atoms with Gasteiger partial charge in [0.2, 0.25) is 5.91 Å². The first-order valence-corrected chi connectivity index (χ1v) is 10.8. The second-order valence-electron chi connectivity index (χ2n) is 6.71. The summed E-state index contributed by atoms with van der Waals surface area (Å²) in [5.74, 6) is 1.21. The van der Waals surface area contributed by atoms with Crippen LogP contribution in [-0.4, -0.2) is 39.4 Å². The summed E-state index contributed by atoms with van der Waals surface area (Å²) in [6.45, 7) is 4.78. The van der Waals surface area contributed by atoms with Gasteiger partial charge in [-0.2, -0.15) is 0 Å². The number of aryl methyl sites for hydroxylation is 1. The maximum Gasteiger partial charge on any atom is 0.251 e. The quantitative estimate of drug-likeness (QED) is 0.497. The summed E-state index contributed by atoms with van der Waals surface area (Å²) in [5, 5.41) is 14.8. The average molecular weight is 440 g/mol. The molecule has 0 aliphatic heterocycles. The number of thioether (sulfide) groups is 1. The number of nitrogens with one attached hydrogen (secondary N) is 2. The van der Waals surface area contributed by atoms with Crippen LogP contribution in [0.5, 0.6) is 5.75 Å². The van der Waals surface area contributed by atoms with E-state index in [4.69, 9.17) is 4.74 Å². The standard InChI is InChI=1S/C22H25N5O3S/c1-4-27-19(13-23-21(29)16-9-11-17(30-3)12-10-16)25-26-22(27)31-14-20(28)24-18-8-6-5-7-15(18)2/h5-12H,4,13-14H2,1-3H3,(H,23,29)(H,24,28). The Kier molecular flexibility index (Phi) is 7.66. The van der Waals surface area contributed by atoms with Gasteiger partial charge < -0.3 is 19.9 Å². The van der Waals surface area contributed by atoms with Crippen LogP contribution in [0.2, 0.25) is 0 Å². The summed E-state index contributed by atoms with van der Waals surface area (Å²) >= 11 is 1.31. The van der Waals surface area contributed by atoms with Crippen molar-refractivity contribution in [2.75, 3.05) is 18.2 Å². The molecule has 162 valence electrons. The number of methoxy groups -OCH3 is 1. The number of nitrogens with zero attached hydrogens (tertiary/aromatic N) is 3. The molecule has 9 heteroatoms. The van der Waals surface area contributed by atoms with Crippen molar-refractivity contribution in [2.45, 2.75) is 32.1 Å². The summed E-state index contributed by atoms with van der Waals surface area (Å²) in [5.41, 5.74) is 2.34. The summed E-state index contributed by atoms with van der Waals surface area (Å²) in [6, 6.07) is 14.5. The van der Waals surface area contributed by atoms with Crippen molar-refractivity contribution in [3.8, 4) is 5.75 Å². The van der Waals surface area contributed by atoms with Crippen LogP contribution in [0.1, 0.15) is 28.7 Å². The van der Waals surface area contributed by atoms with Crippen LogP contribution in [0.15, 0.2) is 53.7 Å². The van der Waals surface area contributed by atoms with E-state index in [0.717, 1.165) is 11.3 Å². The number of hydrogen-bond acceptors (Lipinski definition) is 6. The largest absolute Gasteiger partial charge is 0.497 e. The van der Waals surface area contributed by atoms with Gasteiger partial charge in [0.1, 0.15) is 5.75 Å². The van der Waals surface area contributed by atoms with Crippen molar-refractivity contribution in [1.82, 2.24) is 20.1 Å². The normalized spacial score (nSPS) is 10.5. The minimum absolute atomic E-state index is 0.112. The fraction of sp³-hybridized carbons (Fsp3) is 0.273. The van der Waals surface area contributed by atoms with Gasteiger partial charge in [0.25, 0.3) is 5.91 Å². The number of anilines is 1. The molecule has 3 aromatic rings. The van der Waals surface area contributed by atoms with Crippen LogP contribution in [0, 0.1) is 6.92 Å². The molecule has 0 fully saturated rings. The van der Waals surface area contributed by atoms with E-state index in [1.54, 1.807) is 31.4 Å². The molecule has 1 heterocycles. The van der Waals surface area contributed by atoms with E-state index in [-0.39, 0.29) is 24.1 Å². The first-order chi connectivity index (χ1) is 15.0. The summed E-state index contributed by atoms with van der Waals surface area (Å²) in [7, 11) is 1.58. The Hall–Kier alpha value is -3.33. The van der Waals surface area contributed by atoms with Crippen LogP contribution >= 0.6 is 11.8 Å². The van der Waals surface area contributed by atoms with Crippen LogP contribution in [0.3, 0.4) is 0 Å². The average Bonchev–Trinajstić information content (AvgIpc) is 3.19. The molecule has 0 spiro atoms. The molecular formula is C22H25N5O3S. The first-order valence-electron chi connectivity index (χ1n) is 9.84. The van der Waals surface area contributed by atoms with Gasteiger partial charge in [-0.25, -0.2) is 0 Å². The van der Waals surface area contributed by atoms with Crippen molar-refractivity contribution < 1.29 is 14.3 Å². The van der Waals surface area contributed by atoms with E-state index < -0.39 is 0 Å². The minimum Gasteiger partial charge on any atom is -0.497 e. The molecule has 3 rings (SSSR count). The second-order valence-corrected chi connectivity index (χ2v) is 7.65. The molecule has 1 aromatic heterocycles. The third kappa shape index (κ3) is 5.85. The number of amides is 2. The Morgan fingerprint density at radius 3 is 2.52 bits per heavy atom. The highest BCUT2D eigenvalue weighted by atomic mass is 32.2. The van der Waals surface area contributed by atoms with E-state index in [9.17, 15) is 9.59 Å².